The van der Waals surface area contributed by atoms with Gasteiger partial charge in [-0.2, -0.15) is 0 Å². The summed E-state index contributed by atoms with van der Waals surface area (Å²) in [7, 11) is 0. The lowest BCUT2D eigenvalue weighted by Crippen LogP contribution is -2.31. The zero-order valence-corrected chi connectivity index (χ0v) is 12.4. The van der Waals surface area contributed by atoms with Crippen molar-refractivity contribution in [2.24, 2.45) is 0 Å². The zero-order chi connectivity index (χ0) is 16.9. The number of amides is 1. The highest BCUT2D eigenvalue weighted by Gasteiger charge is 2.15. The summed E-state index contributed by atoms with van der Waals surface area (Å²) in [6.07, 6.45) is 1.55. The summed E-state index contributed by atoms with van der Waals surface area (Å²) in [6.45, 7) is -0.0609. The van der Waals surface area contributed by atoms with Crippen LogP contribution in [0.3, 0.4) is 0 Å². The van der Waals surface area contributed by atoms with Crippen molar-refractivity contribution in [3.63, 3.8) is 0 Å². The molecular formula is C16H12FN5O2. The summed E-state index contributed by atoms with van der Waals surface area (Å²) in [4.78, 5) is 30.5. The third-order valence-electron chi connectivity index (χ3n) is 3.22. The Hall–Kier alpha value is -3.42. The van der Waals surface area contributed by atoms with Crippen molar-refractivity contribution in [1.82, 2.24) is 25.5 Å². The molecule has 2 N–H and O–H groups in total. The Bertz CT molecular complexity index is 927. The van der Waals surface area contributed by atoms with Crippen molar-refractivity contribution in [3.05, 3.63) is 76.1 Å². The average Bonchev–Trinajstić information content (AvgIpc) is 2.61. The predicted molar refractivity (Wildman–Crippen MR) is 83.5 cm³/mol. The van der Waals surface area contributed by atoms with Crippen molar-refractivity contribution in [1.29, 1.82) is 0 Å². The van der Waals surface area contributed by atoms with E-state index in [9.17, 15) is 14.0 Å². The number of H-pyrrole nitrogens is 1. The van der Waals surface area contributed by atoms with Crippen LogP contribution in [0.5, 0.6) is 0 Å². The Labute approximate surface area is 135 Å². The number of halogens is 1. The summed E-state index contributed by atoms with van der Waals surface area (Å²) in [5.74, 6) is -1.02. The molecule has 0 unspecified atom stereocenters. The van der Waals surface area contributed by atoms with Gasteiger partial charge in [0, 0.05) is 18.3 Å². The summed E-state index contributed by atoms with van der Waals surface area (Å²) >= 11 is 0. The molecule has 0 aliphatic carbocycles. The number of hydrogen-bond acceptors (Lipinski definition) is 5. The number of carbonyl (C=O) groups is 1. The molecule has 8 heteroatoms. The molecule has 0 radical (unpaired) electrons. The van der Waals surface area contributed by atoms with Gasteiger partial charge >= 0.3 is 0 Å². The first-order valence-corrected chi connectivity index (χ1v) is 7.05. The van der Waals surface area contributed by atoms with Gasteiger partial charge in [-0.3, -0.25) is 14.6 Å². The van der Waals surface area contributed by atoms with Crippen LogP contribution < -0.4 is 10.9 Å². The first-order valence-electron chi connectivity index (χ1n) is 7.05. The topological polar surface area (TPSA) is 101 Å². The standard InChI is InChI=1S/C16H12FN5O2/c17-11-6-2-1-5-10(11)9-19-15(23)13-16(24)20-14(22-21-13)12-7-3-4-8-18-12/h1-8H,9H2,(H,19,23)(H,20,22,24). The van der Waals surface area contributed by atoms with Crippen LogP contribution in [0.2, 0.25) is 0 Å². The fourth-order valence-electron chi connectivity index (χ4n) is 2.00. The quantitative estimate of drug-likeness (QED) is 0.753. The molecule has 1 aromatic carbocycles. The van der Waals surface area contributed by atoms with Gasteiger partial charge in [0.05, 0.1) is 0 Å². The smallest absolute Gasteiger partial charge is 0.283 e. The normalized spacial score (nSPS) is 10.4. The van der Waals surface area contributed by atoms with E-state index in [-0.39, 0.29) is 12.4 Å². The second kappa shape index (κ2) is 6.78. The van der Waals surface area contributed by atoms with E-state index in [2.05, 4.69) is 25.5 Å². The molecule has 0 atom stereocenters. The third kappa shape index (κ3) is 3.32. The molecule has 0 saturated carbocycles. The van der Waals surface area contributed by atoms with E-state index in [1.807, 2.05) is 0 Å². The van der Waals surface area contributed by atoms with Crippen molar-refractivity contribution < 1.29 is 9.18 Å². The van der Waals surface area contributed by atoms with Gasteiger partial charge < -0.3 is 10.3 Å². The highest BCUT2D eigenvalue weighted by atomic mass is 19.1. The second-order valence-corrected chi connectivity index (χ2v) is 4.84. The summed E-state index contributed by atoms with van der Waals surface area (Å²) in [5, 5.41) is 9.89. The molecule has 1 amide bonds. The molecule has 0 aliphatic rings. The number of aromatic amines is 1. The van der Waals surface area contributed by atoms with Crippen molar-refractivity contribution in [3.8, 4) is 11.5 Å². The monoisotopic (exact) mass is 325 g/mol. The van der Waals surface area contributed by atoms with E-state index in [0.717, 1.165) is 0 Å². The Kier molecular flexibility index (Phi) is 4.37. The van der Waals surface area contributed by atoms with Crippen molar-refractivity contribution in [2.45, 2.75) is 6.54 Å². The molecule has 3 aromatic rings. The van der Waals surface area contributed by atoms with E-state index < -0.39 is 23.0 Å². The molecule has 24 heavy (non-hydrogen) atoms. The molecule has 0 aliphatic heterocycles. The van der Waals surface area contributed by atoms with Gasteiger partial charge in [-0.25, -0.2) is 4.39 Å². The van der Waals surface area contributed by atoms with Crippen molar-refractivity contribution in [2.75, 3.05) is 0 Å². The number of rotatable bonds is 4. The Morgan fingerprint density at radius 3 is 2.62 bits per heavy atom. The summed E-state index contributed by atoms with van der Waals surface area (Å²) in [6, 6.07) is 11.1. The van der Waals surface area contributed by atoms with Crippen LogP contribution >= 0.6 is 0 Å². The minimum Gasteiger partial charge on any atom is -0.346 e. The molecule has 0 bridgehead atoms. The number of hydrogen-bond donors (Lipinski definition) is 2. The van der Waals surface area contributed by atoms with Gasteiger partial charge in [-0.05, 0) is 18.2 Å². The molecule has 7 nitrogen and oxygen atoms in total. The van der Waals surface area contributed by atoms with Crippen LogP contribution in [0.25, 0.3) is 11.5 Å². The molecule has 0 fully saturated rings. The fraction of sp³-hybridized carbons (Fsp3) is 0.0625. The van der Waals surface area contributed by atoms with E-state index in [0.29, 0.717) is 11.3 Å². The number of pyridine rings is 1. The van der Waals surface area contributed by atoms with Crippen LogP contribution in [0, 0.1) is 5.82 Å². The van der Waals surface area contributed by atoms with E-state index >= 15 is 0 Å². The maximum absolute atomic E-state index is 13.5. The molecule has 0 spiro atoms. The number of aromatic nitrogens is 4. The highest BCUT2D eigenvalue weighted by Crippen LogP contribution is 2.07. The number of nitrogens with one attached hydrogen (secondary N) is 2. The minimum atomic E-state index is -0.737. The lowest BCUT2D eigenvalue weighted by molar-refractivity contribution is 0.0942. The van der Waals surface area contributed by atoms with Gasteiger partial charge in [-0.15, -0.1) is 10.2 Å². The van der Waals surface area contributed by atoms with Crippen LogP contribution in [0.4, 0.5) is 4.39 Å². The number of carbonyl (C=O) groups excluding carboxylic acids is 1. The Morgan fingerprint density at radius 1 is 1.12 bits per heavy atom. The molecule has 120 valence electrons. The largest absolute Gasteiger partial charge is 0.346 e. The van der Waals surface area contributed by atoms with Gasteiger partial charge in [0.25, 0.3) is 11.5 Å². The highest BCUT2D eigenvalue weighted by molar-refractivity contribution is 5.91. The minimum absolute atomic E-state index is 0.0609. The van der Waals surface area contributed by atoms with E-state index in [4.69, 9.17) is 0 Å². The Morgan fingerprint density at radius 2 is 1.92 bits per heavy atom. The van der Waals surface area contributed by atoms with Crippen LogP contribution in [0.1, 0.15) is 16.1 Å². The second-order valence-electron chi connectivity index (χ2n) is 4.84. The van der Waals surface area contributed by atoms with Gasteiger partial charge in [0.2, 0.25) is 5.69 Å². The maximum atomic E-state index is 13.5. The van der Waals surface area contributed by atoms with Crippen LogP contribution in [-0.4, -0.2) is 26.1 Å². The number of benzene rings is 1. The van der Waals surface area contributed by atoms with Gasteiger partial charge in [0.1, 0.15) is 11.5 Å². The molecule has 2 aromatic heterocycles. The molecular weight excluding hydrogens is 313 g/mol. The molecule has 0 saturated heterocycles. The predicted octanol–water partition coefficient (Wildman–Crippen LogP) is 1.30. The zero-order valence-electron chi connectivity index (χ0n) is 12.4. The van der Waals surface area contributed by atoms with Gasteiger partial charge in [-0.1, -0.05) is 24.3 Å². The lowest BCUT2D eigenvalue weighted by atomic mass is 10.2. The third-order valence-corrected chi connectivity index (χ3v) is 3.22. The SMILES string of the molecule is O=C(NCc1ccccc1F)c1nnc(-c2ccccn2)[nH]c1=O. The molecule has 2 heterocycles. The van der Waals surface area contributed by atoms with E-state index in [1.54, 1.807) is 36.5 Å². The van der Waals surface area contributed by atoms with E-state index in [1.165, 1.54) is 12.1 Å². The fourth-order valence-corrected chi connectivity index (χ4v) is 2.00. The summed E-state index contributed by atoms with van der Waals surface area (Å²) in [5.41, 5.74) is -0.358. The number of nitrogens with zero attached hydrogens (tertiary/aromatic N) is 3. The summed E-state index contributed by atoms with van der Waals surface area (Å²) < 4.78 is 13.5. The Balaban J connectivity index is 1.76. The van der Waals surface area contributed by atoms with Crippen LogP contribution in [-0.2, 0) is 6.54 Å². The van der Waals surface area contributed by atoms with Gasteiger partial charge in [0.15, 0.2) is 5.82 Å². The lowest BCUT2D eigenvalue weighted by Gasteiger charge is -2.05. The average molecular weight is 325 g/mol. The first-order chi connectivity index (χ1) is 11.6. The first kappa shape index (κ1) is 15.5. The maximum Gasteiger partial charge on any atom is 0.283 e. The van der Waals surface area contributed by atoms with Crippen molar-refractivity contribution >= 4 is 5.91 Å². The molecule has 3 rings (SSSR count). The van der Waals surface area contributed by atoms with Crippen LogP contribution in [0.15, 0.2) is 53.5 Å².